The fourth-order valence-corrected chi connectivity index (χ4v) is 2.64. The molecule has 2 amide bonds. The SMILES string of the molecule is CCNC(=O)c1nc(C(=O)N[C@H](C)c2ccc(C)cc2)cs1. The van der Waals surface area contributed by atoms with Crippen molar-refractivity contribution in [3.05, 3.63) is 51.5 Å². The number of carbonyl (C=O) groups excluding carboxylic acids is 2. The van der Waals surface area contributed by atoms with Crippen molar-refractivity contribution in [3.63, 3.8) is 0 Å². The topological polar surface area (TPSA) is 71.1 Å². The summed E-state index contributed by atoms with van der Waals surface area (Å²) < 4.78 is 0. The van der Waals surface area contributed by atoms with Crippen LogP contribution in [-0.4, -0.2) is 23.3 Å². The third kappa shape index (κ3) is 3.92. The minimum absolute atomic E-state index is 0.122. The number of rotatable bonds is 5. The van der Waals surface area contributed by atoms with Crippen LogP contribution in [0, 0.1) is 6.92 Å². The van der Waals surface area contributed by atoms with Crippen molar-refractivity contribution in [1.82, 2.24) is 15.6 Å². The Morgan fingerprint density at radius 1 is 1.23 bits per heavy atom. The third-order valence-electron chi connectivity index (χ3n) is 3.19. The van der Waals surface area contributed by atoms with Crippen molar-refractivity contribution in [1.29, 1.82) is 0 Å². The number of nitrogens with one attached hydrogen (secondary N) is 2. The average Bonchev–Trinajstić information content (AvgIpc) is 2.98. The van der Waals surface area contributed by atoms with E-state index in [-0.39, 0.29) is 23.6 Å². The monoisotopic (exact) mass is 317 g/mol. The van der Waals surface area contributed by atoms with Crippen LogP contribution in [0.4, 0.5) is 0 Å². The average molecular weight is 317 g/mol. The second-order valence-electron chi connectivity index (χ2n) is 5.00. The van der Waals surface area contributed by atoms with Crippen LogP contribution in [0.1, 0.15) is 51.3 Å². The minimum atomic E-state index is -0.278. The van der Waals surface area contributed by atoms with E-state index in [9.17, 15) is 9.59 Å². The van der Waals surface area contributed by atoms with Gasteiger partial charge in [0.25, 0.3) is 11.8 Å². The van der Waals surface area contributed by atoms with Crippen molar-refractivity contribution < 1.29 is 9.59 Å². The van der Waals surface area contributed by atoms with E-state index in [1.807, 2.05) is 45.0 Å². The quantitative estimate of drug-likeness (QED) is 0.890. The number of benzene rings is 1. The van der Waals surface area contributed by atoms with Gasteiger partial charge in [0, 0.05) is 11.9 Å². The van der Waals surface area contributed by atoms with E-state index in [2.05, 4.69) is 15.6 Å². The summed E-state index contributed by atoms with van der Waals surface area (Å²) in [7, 11) is 0. The first kappa shape index (κ1) is 16.2. The minimum Gasteiger partial charge on any atom is -0.350 e. The maximum Gasteiger partial charge on any atom is 0.280 e. The highest BCUT2D eigenvalue weighted by atomic mass is 32.1. The van der Waals surface area contributed by atoms with Gasteiger partial charge in [-0.3, -0.25) is 9.59 Å². The summed E-state index contributed by atoms with van der Waals surface area (Å²) in [5.74, 6) is -0.530. The molecule has 0 fully saturated rings. The fourth-order valence-electron chi connectivity index (χ4n) is 1.93. The highest BCUT2D eigenvalue weighted by molar-refractivity contribution is 7.11. The Morgan fingerprint density at radius 2 is 1.91 bits per heavy atom. The van der Waals surface area contributed by atoms with Crippen LogP contribution in [-0.2, 0) is 0 Å². The van der Waals surface area contributed by atoms with Gasteiger partial charge in [0.05, 0.1) is 6.04 Å². The van der Waals surface area contributed by atoms with E-state index in [1.54, 1.807) is 5.38 Å². The molecule has 0 spiro atoms. The highest BCUT2D eigenvalue weighted by Crippen LogP contribution is 2.15. The van der Waals surface area contributed by atoms with Gasteiger partial charge in [-0.05, 0) is 26.3 Å². The number of amides is 2. The predicted octanol–water partition coefficient (Wildman–Crippen LogP) is 2.69. The number of hydrogen-bond donors (Lipinski definition) is 2. The standard InChI is InChI=1S/C16H19N3O2S/c1-4-17-15(21)16-19-13(9-22-16)14(20)18-11(3)12-7-5-10(2)6-8-12/h5-9,11H,4H2,1-3H3,(H,17,21)(H,18,20)/t11-/m1/s1. The van der Waals surface area contributed by atoms with Gasteiger partial charge in [-0.1, -0.05) is 29.8 Å². The van der Waals surface area contributed by atoms with Crippen molar-refractivity contribution in [2.75, 3.05) is 6.54 Å². The first-order valence-electron chi connectivity index (χ1n) is 7.12. The van der Waals surface area contributed by atoms with Crippen LogP contribution in [0.3, 0.4) is 0 Å². The zero-order chi connectivity index (χ0) is 16.1. The summed E-state index contributed by atoms with van der Waals surface area (Å²) in [5.41, 5.74) is 2.47. The molecule has 1 atom stereocenters. The lowest BCUT2D eigenvalue weighted by Crippen LogP contribution is -2.27. The molecule has 1 heterocycles. The molecular formula is C16H19N3O2S. The van der Waals surface area contributed by atoms with Crippen molar-refractivity contribution in [2.45, 2.75) is 26.8 Å². The van der Waals surface area contributed by atoms with E-state index in [4.69, 9.17) is 0 Å². The Labute approximate surface area is 133 Å². The molecule has 0 aliphatic carbocycles. The predicted molar refractivity (Wildman–Crippen MR) is 87.2 cm³/mol. The number of nitrogens with zero attached hydrogens (tertiary/aromatic N) is 1. The molecule has 0 unspecified atom stereocenters. The molecule has 1 aromatic carbocycles. The Hall–Kier alpha value is -2.21. The first-order valence-corrected chi connectivity index (χ1v) is 8.00. The van der Waals surface area contributed by atoms with E-state index in [0.717, 1.165) is 5.56 Å². The first-order chi connectivity index (χ1) is 10.5. The van der Waals surface area contributed by atoms with Crippen LogP contribution < -0.4 is 10.6 Å². The summed E-state index contributed by atoms with van der Waals surface area (Å²) in [5, 5.41) is 7.45. The molecule has 6 heteroatoms. The van der Waals surface area contributed by atoms with Crippen LogP contribution in [0.2, 0.25) is 0 Å². The van der Waals surface area contributed by atoms with Gasteiger partial charge < -0.3 is 10.6 Å². The number of thiazole rings is 1. The van der Waals surface area contributed by atoms with Gasteiger partial charge in [0.2, 0.25) is 0 Å². The molecule has 0 bridgehead atoms. The number of hydrogen-bond acceptors (Lipinski definition) is 4. The largest absolute Gasteiger partial charge is 0.350 e. The van der Waals surface area contributed by atoms with Crippen LogP contribution in [0.25, 0.3) is 0 Å². The van der Waals surface area contributed by atoms with Gasteiger partial charge in [-0.25, -0.2) is 4.98 Å². The Balaban J connectivity index is 2.02. The van der Waals surface area contributed by atoms with Gasteiger partial charge in [-0.2, -0.15) is 0 Å². The smallest absolute Gasteiger partial charge is 0.280 e. The second kappa shape index (κ2) is 7.17. The fraction of sp³-hybridized carbons (Fsp3) is 0.312. The summed E-state index contributed by atoms with van der Waals surface area (Å²) in [4.78, 5) is 27.9. The highest BCUT2D eigenvalue weighted by Gasteiger charge is 2.17. The van der Waals surface area contributed by atoms with E-state index in [1.165, 1.54) is 16.9 Å². The molecule has 2 aromatic rings. The summed E-state index contributed by atoms with van der Waals surface area (Å²) >= 11 is 1.17. The maximum absolute atomic E-state index is 12.2. The van der Waals surface area contributed by atoms with Crippen LogP contribution >= 0.6 is 11.3 Å². The summed E-state index contributed by atoms with van der Waals surface area (Å²) in [6, 6.07) is 7.87. The molecule has 1 aromatic heterocycles. The van der Waals surface area contributed by atoms with E-state index >= 15 is 0 Å². The molecule has 0 saturated heterocycles. The molecule has 0 radical (unpaired) electrons. The number of aryl methyl sites for hydroxylation is 1. The molecule has 22 heavy (non-hydrogen) atoms. The van der Waals surface area contributed by atoms with E-state index in [0.29, 0.717) is 11.6 Å². The zero-order valence-corrected chi connectivity index (χ0v) is 13.7. The number of aromatic nitrogens is 1. The maximum atomic E-state index is 12.2. The number of carbonyl (C=O) groups is 2. The molecule has 0 aliphatic rings. The van der Waals surface area contributed by atoms with Gasteiger partial charge in [0.15, 0.2) is 5.01 Å². The second-order valence-corrected chi connectivity index (χ2v) is 5.86. The molecule has 5 nitrogen and oxygen atoms in total. The van der Waals surface area contributed by atoms with Gasteiger partial charge >= 0.3 is 0 Å². The van der Waals surface area contributed by atoms with Gasteiger partial charge in [-0.15, -0.1) is 11.3 Å². The summed E-state index contributed by atoms with van der Waals surface area (Å²) in [6.45, 7) is 6.30. The van der Waals surface area contributed by atoms with Crippen molar-refractivity contribution in [3.8, 4) is 0 Å². The summed E-state index contributed by atoms with van der Waals surface area (Å²) in [6.07, 6.45) is 0. The van der Waals surface area contributed by atoms with Crippen molar-refractivity contribution in [2.24, 2.45) is 0 Å². The molecule has 2 rings (SSSR count). The Kier molecular flexibility index (Phi) is 5.27. The lowest BCUT2D eigenvalue weighted by molar-refractivity contribution is 0.0935. The zero-order valence-electron chi connectivity index (χ0n) is 12.8. The lowest BCUT2D eigenvalue weighted by atomic mass is 10.1. The van der Waals surface area contributed by atoms with Crippen LogP contribution in [0.15, 0.2) is 29.6 Å². The normalized spacial score (nSPS) is 11.8. The Morgan fingerprint density at radius 3 is 2.55 bits per heavy atom. The molecule has 116 valence electrons. The van der Waals surface area contributed by atoms with Crippen molar-refractivity contribution >= 4 is 23.2 Å². The lowest BCUT2D eigenvalue weighted by Gasteiger charge is -2.13. The third-order valence-corrected chi connectivity index (χ3v) is 4.03. The molecular weight excluding hydrogens is 298 g/mol. The Bertz CT molecular complexity index is 664. The van der Waals surface area contributed by atoms with Crippen LogP contribution in [0.5, 0.6) is 0 Å². The van der Waals surface area contributed by atoms with E-state index < -0.39 is 0 Å². The molecule has 0 aliphatic heterocycles. The molecule has 0 saturated carbocycles. The van der Waals surface area contributed by atoms with Gasteiger partial charge in [0.1, 0.15) is 5.69 Å². The molecule has 2 N–H and O–H groups in total.